The number of hydrogen-bond acceptors (Lipinski definition) is 5. The molecule has 1 amide bonds. The smallest absolute Gasteiger partial charge is 0.324 e. The molecule has 1 rings (SSSR count). The summed E-state index contributed by atoms with van der Waals surface area (Å²) in [6, 6.07) is 2.86. The van der Waals surface area contributed by atoms with Crippen molar-refractivity contribution in [3.05, 3.63) is 27.1 Å². The molecule has 0 saturated heterocycles. The van der Waals surface area contributed by atoms with Crippen LogP contribution < -0.4 is 10.6 Å². The Morgan fingerprint density at radius 1 is 1.42 bits per heavy atom. The van der Waals surface area contributed by atoms with Gasteiger partial charge >= 0.3 is 5.00 Å². The van der Waals surface area contributed by atoms with E-state index < -0.39 is 4.92 Å². The van der Waals surface area contributed by atoms with E-state index in [1.54, 1.807) is 13.0 Å². The van der Waals surface area contributed by atoms with Crippen molar-refractivity contribution >= 4 is 22.2 Å². The fraction of sp³-hybridized carbons (Fsp3) is 0.583. The summed E-state index contributed by atoms with van der Waals surface area (Å²) >= 11 is 1.12. The quantitative estimate of drug-likeness (QED) is 0.592. The molecular weight excluding hydrogens is 266 g/mol. The maximum Gasteiger partial charge on any atom is 0.324 e. The molecule has 0 aliphatic carbocycles. The summed E-state index contributed by atoms with van der Waals surface area (Å²) < 4.78 is 0. The van der Waals surface area contributed by atoms with Crippen LogP contribution in [0.25, 0.3) is 0 Å². The van der Waals surface area contributed by atoms with Gasteiger partial charge in [-0.1, -0.05) is 25.2 Å². The maximum atomic E-state index is 11.7. The van der Waals surface area contributed by atoms with Gasteiger partial charge in [0.05, 0.1) is 11.0 Å². The van der Waals surface area contributed by atoms with Crippen molar-refractivity contribution in [2.75, 3.05) is 6.54 Å². The third-order valence-corrected chi connectivity index (χ3v) is 3.52. The van der Waals surface area contributed by atoms with Crippen LogP contribution in [0.5, 0.6) is 0 Å². The Kier molecular flexibility index (Phi) is 5.91. The lowest BCUT2D eigenvalue weighted by atomic mass is 10.2. The van der Waals surface area contributed by atoms with Gasteiger partial charge in [0.25, 0.3) is 0 Å². The first-order valence-electron chi connectivity index (χ1n) is 6.14. The molecule has 1 unspecified atom stereocenters. The van der Waals surface area contributed by atoms with E-state index in [9.17, 15) is 14.9 Å². The third-order valence-electron chi connectivity index (χ3n) is 2.49. The summed E-state index contributed by atoms with van der Waals surface area (Å²) in [7, 11) is 0. The molecule has 0 aliphatic rings. The van der Waals surface area contributed by atoms with E-state index in [-0.39, 0.29) is 17.0 Å². The van der Waals surface area contributed by atoms with Crippen LogP contribution in [0, 0.1) is 16.0 Å². The summed E-state index contributed by atoms with van der Waals surface area (Å²) in [5, 5.41) is 16.5. The van der Waals surface area contributed by atoms with Gasteiger partial charge in [-0.25, -0.2) is 0 Å². The van der Waals surface area contributed by atoms with E-state index in [1.165, 1.54) is 6.07 Å². The minimum atomic E-state index is -0.410. The average Bonchev–Trinajstić information content (AvgIpc) is 2.81. The second kappa shape index (κ2) is 7.20. The molecule has 0 aliphatic heterocycles. The van der Waals surface area contributed by atoms with Crippen molar-refractivity contribution in [2.24, 2.45) is 5.92 Å². The molecule has 0 fully saturated rings. The molecular formula is C12H19N3O3S. The first-order chi connectivity index (χ1) is 8.90. The number of carbonyl (C=O) groups excluding carboxylic acids is 1. The van der Waals surface area contributed by atoms with E-state index in [0.717, 1.165) is 16.2 Å². The summed E-state index contributed by atoms with van der Waals surface area (Å²) in [4.78, 5) is 22.7. The highest BCUT2D eigenvalue weighted by Gasteiger charge is 2.14. The highest BCUT2D eigenvalue weighted by Crippen LogP contribution is 2.23. The fourth-order valence-corrected chi connectivity index (χ4v) is 2.13. The number of nitrogens with one attached hydrogen (secondary N) is 2. The van der Waals surface area contributed by atoms with Crippen molar-refractivity contribution in [2.45, 2.75) is 33.4 Å². The normalized spacial score (nSPS) is 12.4. The van der Waals surface area contributed by atoms with E-state index in [0.29, 0.717) is 19.0 Å². The third kappa shape index (κ3) is 5.35. The topological polar surface area (TPSA) is 84.3 Å². The molecule has 19 heavy (non-hydrogen) atoms. The van der Waals surface area contributed by atoms with Crippen LogP contribution in [0.2, 0.25) is 0 Å². The molecule has 0 aromatic carbocycles. The van der Waals surface area contributed by atoms with Crippen molar-refractivity contribution in [3.8, 4) is 0 Å². The lowest BCUT2D eigenvalue weighted by Gasteiger charge is -2.14. The zero-order chi connectivity index (χ0) is 14.4. The Morgan fingerprint density at radius 3 is 2.63 bits per heavy atom. The van der Waals surface area contributed by atoms with E-state index >= 15 is 0 Å². The highest BCUT2D eigenvalue weighted by molar-refractivity contribution is 7.15. The minimum absolute atomic E-state index is 0.0558. The van der Waals surface area contributed by atoms with Gasteiger partial charge in [-0.2, -0.15) is 0 Å². The number of carbonyl (C=O) groups is 1. The van der Waals surface area contributed by atoms with Crippen molar-refractivity contribution in [1.29, 1.82) is 0 Å². The van der Waals surface area contributed by atoms with Gasteiger partial charge in [-0.3, -0.25) is 14.9 Å². The Hall–Kier alpha value is -1.47. The van der Waals surface area contributed by atoms with Gasteiger partial charge in [0.1, 0.15) is 0 Å². The molecule has 0 spiro atoms. The maximum absolute atomic E-state index is 11.7. The van der Waals surface area contributed by atoms with Gasteiger partial charge in [-0.15, -0.1) is 0 Å². The van der Waals surface area contributed by atoms with Gasteiger partial charge in [0, 0.05) is 24.0 Å². The van der Waals surface area contributed by atoms with Crippen molar-refractivity contribution < 1.29 is 9.72 Å². The number of hydrogen-bond donors (Lipinski definition) is 2. The van der Waals surface area contributed by atoms with Crippen LogP contribution in [0.15, 0.2) is 12.1 Å². The van der Waals surface area contributed by atoms with Crippen LogP contribution in [-0.2, 0) is 11.3 Å². The monoisotopic (exact) mass is 285 g/mol. The van der Waals surface area contributed by atoms with Crippen LogP contribution in [0.4, 0.5) is 5.00 Å². The van der Waals surface area contributed by atoms with E-state index in [1.807, 2.05) is 13.8 Å². The molecule has 0 bridgehead atoms. The second-order valence-corrected chi connectivity index (χ2v) is 5.89. The first kappa shape index (κ1) is 15.6. The number of rotatable bonds is 7. The van der Waals surface area contributed by atoms with Gasteiger partial charge in [-0.05, 0) is 18.9 Å². The SMILES string of the molecule is CC(C)CNC(=O)C(C)NCc1ccc([N+](=O)[O-])s1. The van der Waals surface area contributed by atoms with Crippen molar-refractivity contribution in [3.63, 3.8) is 0 Å². The van der Waals surface area contributed by atoms with Crippen LogP contribution in [0.1, 0.15) is 25.6 Å². The predicted molar refractivity (Wildman–Crippen MR) is 75.1 cm³/mol. The number of nitro groups is 1. The van der Waals surface area contributed by atoms with Crippen molar-refractivity contribution in [1.82, 2.24) is 10.6 Å². The molecule has 0 radical (unpaired) electrons. The zero-order valence-electron chi connectivity index (χ0n) is 11.3. The Labute approximate surface area is 116 Å². The molecule has 1 aromatic rings. The zero-order valence-corrected chi connectivity index (χ0v) is 12.1. The van der Waals surface area contributed by atoms with E-state index in [2.05, 4.69) is 10.6 Å². The highest BCUT2D eigenvalue weighted by atomic mass is 32.1. The van der Waals surface area contributed by atoms with Gasteiger partial charge in [0.2, 0.25) is 5.91 Å². The standard InChI is InChI=1S/C12H19N3O3S/c1-8(2)6-14-12(16)9(3)13-7-10-4-5-11(19-10)15(17)18/h4-5,8-9,13H,6-7H2,1-3H3,(H,14,16). The molecule has 2 N–H and O–H groups in total. The predicted octanol–water partition coefficient (Wildman–Crippen LogP) is 1.91. The summed E-state index contributed by atoms with van der Waals surface area (Å²) in [6.45, 7) is 6.94. The van der Waals surface area contributed by atoms with Crippen LogP contribution in [-0.4, -0.2) is 23.4 Å². The Balaban J connectivity index is 2.38. The lowest BCUT2D eigenvalue weighted by Crippen LogP contribution is -2.42. The van der Waals surface area contributed by atoms with Crippen LogP contribution >= 0.6 is 11.3 Å². The molecule has 1 atom stereocenters. The number of thiophene rings is 1. The molecule has 7 heteroatoms. The second-order valence-electron chi connectivity index (χ2n) is 4.74. The first-order valence-corrected chi connectivity index (χ1v) is 6.96. The lowest BCUT2D eigenvalue weighted by molar-refractivity contribution is -0.380. The van der Waals surface area contributed by atoms with Gasteiger partial charge < -0.3 is 10.6 Å². The minimum Gasteiger partial charge on any atom is -0.354 e. The molecule has 0 saturated carbocycles. The fourth-order valence-electron chi connectivity index (χ4n) is 1.36. The molecule has 1 aromatic heterocycles. The summed E-state index contributed by atoms with van der Waals surface area (Å²) in [6.07, 6.45) is 0. The number of nitrogens with zero attached hydrogens (tertiary/aromatic N) is 1. The van der Waals surface area contributed by atoms with E-state index in [4.69, 9.17) is 0 Å². The molecule has 1 heterocycles. The Morgan fingerprint density at radius 2 is 2.11 bits per heavy atom. The van der Waals surface area contributed by atoms with Crippen LogP contribution in [0.3, 0.4) is 0 Å². The summed E-state index contributed by atoms with van der Waals surface area (Å²) in [5.74, 6) is 0.357. The molecule has 6 nitrogen and oxygen atoms in total. The number of amides is 1. The largest absolute Gasteiger partial charge is 0.354 e. The summed E-state index contributed by atoms with van der Waals surface area (Å²) in [5.41, 5.74) is 0. The Bertz CT molecular complexity index is 445. The average molecular weight is 285 g/mol. The van der Waals surface area contributed by atoms with Gasteiger partial charge in [0.15, 0.2) is 0 Å². The molecule has 106 valence electrons.